The number of likely N-dealkylation sites (N-methyl/N-ethyl adjacent to an activating group) is 1. The van der Waals surface area contributed by atoms with E-state index >= 15 is 0 Å². The van der Waals surface area contributed by atoms with Crippen LogP contribution in [-0.2, 0) is 29.3 Å². The van der Waals surface area contributed by atoms with Crippen LogP contribution in [0.4, 0.5) is 18.3 Å². The lowest BCUT2D eigenvalue weighted by atomic mass is 9.94. The first-order chi connectivity index (χ1) is 18.3. The van der Waals surface area contributed by atoms with Gasteiger partial charge in [-0.2, -0.15) is 13.2 Å². The van der Waals surface area contributed by atoms with Crippen molar-refractivity contribution < 1.29 is 55.0 Å². The molecule has 4 N–H and O–H groups in total. The molecule has 14 nitrogen and oxygen atoms in total. The molecule has 40 heavy (non-hydrogen) atoms. The van der Waals surface area contributed by atoms with Crippen molar-refractivity contribution in [3.05, 3.63) is 33.8 Å². The van der Waals surface area contributed by atoms with Gasteiger partial charge in [-0.15, -0.1) is 23.1 Å². The molecule has 1 aromatic rings. The van der Waals surface area contributed by atoms with E-state index in [1.54, 1.807) is 11.5 Å². The van der Waals surface area contributed by atoms with Crippen LogP contribution in [0.5, 0.6) is 0 Å². The highest BCUT2D eigenvalue weighted by atomic mass is 32.2. The van der Waals surface area contributed by atoms with Crippen molar-refractivity contribution in [2.75, 3.05) is 46.3 Å². The second-order valence-corrected chi connectivity index (χ2v) is 12.3. The number of thioether (sulfide) groups is 1. The van der Waals surface area contributed by atoms with Crippen molar-refractivity contribution in [3.63, 3.8) is 0 Å². The van der Waals surface area contributed by atoms with E-state index in [0.717, 1.165) is 11.3 Å². The fourth-order valence-corrected chi connectivity index (χ4v) is 4.98. The Hall–Kier alpha value is -3.20. The van der Waals surface area contributed by atoms with Crippen LogP contribution in [0.3, 0.4) is 0 Å². The molecule has 2 aliphatic rings. The van der Waals surface area contributed by atoms with Gasteiger partial charge in [-0.3, -0.25) is 14.5 Å². The summed E-state index contributed by atoms with van der Waals surface area (Å²) >= 11 is 2.48. The molecule has 2 unspecified atom stereocenters. The van der Waals surface area contributed by atoms with Gasteiger partial charge in [0.05, 0.1) is 33.7 Å². The SMILES string of the molecule is CON=C(C(=O)NC1C(=O)N2C(C(=O)O)=C(/C=C\C[N+](C)(C)C)SCC12)c1csc(N)n1.O=S(=O)([O-])C(F)(F)F. The molecule has 20 heteroatoms. The van der Waals surface area contributed by atoms with Gasteiger partial charge >= 0.3 is 11.5 Å². The zero-order valence-electron chi connectivity index (χ0n) is 21.3. The summed E-state index contributed by atoms with van der Waals surface area (Å²) in [4.78, 5) is 48.0. The summed E-state index contributed by atoms with van der Waals surface area (Å²) in [7, 11) is 1.26. The first kappa shape index (κ1) is 33.0. The minimum absolute atomic E-state index is 0.0718. The van der Waals surface area contributed by atoms with Crippen LogP contribution < -0.4 is 11.1 Å². The van der Waals surface area contributed by atoms with Crippen LogP contribution in [0, 0.1) is 0 Å². The topological polar surface area (TPSA) is 204 Å². The van der Waals surface area contributed by atoms with E-state index in [9.17, 15) is 32.7 Å². The molecule has 1 fully saturated rings. The number of anilines is 1. The Morgan fingerprint density at radius 1 is 1.40 bits per heavy atom. The van der Waals surface area contributed by atoms with Gasteiger partial charge in [0.1, 0.15) is 24.5 Å². The number of fused-ring (bicyclic) bond motifs is 1. The lowest BCUT2D eigenvalue weighted by molar-refractivity contribution is -0.864. The number of β-lactam (4-membered cyclic amide) rings is 1. The van der Waals surface area contributed by atoms with Crippen molar-refractivity contribution in [2.24, 2.45) is 5.16 Å². The van der Waals surface area contributed by atoms with Crippen molar-refractivity contribution >= 4 is 61.8 Å². The molecule has 0 radical (unpaired) electrons. The lowest BCUT2D eigenvalue weighted by Crippen LogP contribution is -2.73. The molecular formula is C20H25F3N6O8S3. The molecule has 0 aromatic carbocycles. The van der Waals surface area contributed by atoms with E-state index in [2.05, 4.69) is 15.5 Å². The predicted molar refractivity (Wildman–Crippen MR) is 138 cm³/mol. The van der Waals surface area contributed by atoms with Crippen molar-refractivity contribution in [1.82, 2.24) is 15.2 Å². The number of nitrogens with zero attached hydrogens (tertiary/aromatic N) is 4. The van der Waals surface area contributed by atoms with Crippen LogP contribution in [-0.4, -0.2) is 114 Å². The largest absolute Gasteiger partial charge is 0.741 e. The number of nitrogen functional groups attached to an aromatic ring is 1. The highest BCUT2D eigenvalue weighted by Gasteiger charge is 2.54. The van der Waals surface area contributed by atoms with Gasteiger partial charge in [-0.25, -0.2) is 18.2 Å². The first-order valence-corrected chi connectivity index (χ1v) is 14.1. The van der Waals surface area contributed by atoms with E-state index in [0.29, 0.717) is 21.7 Å². The van der Waals surface area contributed by atoms with Crippen LogP contribution >= 0.6 is 23.1 Å². The normalized spacial score (nSPS) is 19.9. The summed E-state index contributed by atoms with van der Waals surface area (Å²) in [6.07, 6.45) is 3.63. The number of nitrogens with one attached hydrogen (secondary N) is 1. The number of aromatic nitrogens is 1. The number of oxime groups is 1. The summed E-state index contributed by atoms with van der Waals surface area (Å²) < 4.78 is 59.6. The van der Waals surface area contributed by atoms with E-state index in [1.165, 1.54) is 23.8 Å². The number of allylic oxidation sites excluding steroid dienone is 1. The monoisotopic (exact) mass is 630 g/mol. The number of hydrogen-bond donors (Lipinski definition) is 3. The van der Waals surface area contributed by atoms with Gasteiger partial charge in [0.2, 0.25) is 0 Å². The van der Waals surface area contributed by atoms with Gasteiger partial charge in [-0.1, -0.05) is 5.16 Å². The number of rotatable bonds is 8. The molecule has 0 spiro atoms. The number of amides is 2. The average Bonchev–Trinajstić information content (AvgIpc) is 3.24. The summed E-state index contributed by atoms with van der Waals surface area (Å²) in [5, 5.41) is 17.9. The van der Waals surface area contributed by atoms with Gasteiger partial charge in [0, 0.05) is 16.0 Å². The number of hydrogen-bond acceptors (Lipinski definition) is 12. The molecule has 3 rings (SSSR count). The molecule has 2 amide bonds. The Kier molecular flexibility index (Phi) is 10.3. The summed E-state index contributed by atoms with van der Waals surface area (Å²) in [6, 6.07) is -1.36. The zero-order chi connectivity index (χ0) is 30.6. The molecule has 1 saturated heterocycles. The van der Waals surface area contributed by atoms with Crippen LogP contribution in [0.2, 0.25) is 0 Å². The van der Waals surface area contributed by atoms with Crippen LogP contribution in [0.25, 0.3) is 0 Å². The van der Waals surface area contributed by atoms with E-state index in [1.807, 2.05) is 27.2 Å². The molecule has 3 heterocycles. The van der Waals surface area contributed by atoms with Gasteiger partial charge in [-0.05, 0) is 12.2 Å². The smallest absolute Gasteiger partial charge is 0.485 e. The van der Waals surface area contributed by atoms with E-state index in [-0.39, 0.29) is 22.2 Å². The number of nitrogens with two attached hydrogens (primary N) is 1. The summed E-state index contributed by atoms with van der Waals surface area (Å²) in [6.45, 7) is 0.704. The number of carbonyl (C=O) groups excluding carboxylic acids is 2. The number of aliphatic carboxylic acids is 1. The third-order valence-corrected chi connectivity index (χ3v) is 7.35. The van der Waals surface area contributed by atoms with Gasteiger partial charge in [0.25, 0.3) is 11.8 Å². The molecule has 2 atom stereocenters. The van der Waals surface area contributed by atoms with E-state index < -0.39 is 45.5 Å². The lowest BCUT2D eigenvalue weighted by Gasteiger charge is -2.49. The Morgan fingerprint density at radius 2 is 2.00 bits per heavy atom. The molecular weight excluding hydrogens is 605 g/mol. The maximum atomic E-state index is 12.8. The maximum Gasteiger partial charge on any atom is 0.485 e. The fourth-order valence-electron chi connectivity index (χ4n) is 3.22. The first-order valence-electron chi connectivity index (χ1n) is 10.8. The molecule has 1 aromatic heterocycles. The molecule has 0 bridgehead atoms. The van der Waals surface area contributed by atoms with Crippen molar-refractivity contribution in [2.45, 2.75) is 17.6 Å². The molecule has 0 aliphatic carbocycles. The zero-order valence-corrected chi connectivity index (χ0v) is 23.8. The highest BCUT2D eigenvalue weighted by Crippen LogP contribution is 2.39. The number of alkyl halides is 3. The fraction of sp³-hybridized carbons (Fsp3) is 0.450. The predicted octanol–water partition coefficient (Wildman–Crippen LogP) is 0.128. The highest BCUT2D eigenvalue weighted by molar-refractivity contribution is 8.03. The third-order valence-electron chi connectivity index (χ3n) is 4.96. The number of halogens is 3. The maximum absolute atomic E-state index is 12.8. The minimum atomic E-state index is -6.09. The number of carboxylic acid groups (broad SMARTS) is 1. The summed E-state index contributed by atoms with van der Waals surface area (Å²) in [5.74, 6) is -1.90. The van der Waals surface area contributed by atoms with Crippen molar-refractivity contribution in [3.8, 4) is 0 Å². The molecule has 2 aliphatic heterocycles. The second kappa shape index (κ2) is 12.5. The Bertz CT molecular complexity index is 1350. The van der Waals surface area contributed by atoms with Gasteiger partial charge in [0.15, 0.2) is 21.0 Å². The van der Waals surface area contributed by atoms with Gasteiger partial charge < -0.3 is 30.0 Å². The number of thiazole rings is 1. The van der Waals surface area contributed by atoms with Crippen LogP contribution in [0.15, 0.2) is 33.3 Å². The Morgan fingerprint density at radius 3 is 2.45 bits per heavy atom. The second-order valence-electron chi connectivity index (χ2n) is 9.02. The average molecular weight is 631 g/mol. The number of carboxylic acids is 1. The Labute approximate surface area is 234 Å². The standard InChI is InChI=1S/C19H24N6O5S2.CHF3O3S/c1-25(2,3)7-5-6-12-15(18(28)29)24-11(9-31-12)14(17(24)27)22-16(26)13(23-30-4)10-8-32-19(20)21-10;2-1(3,4)8(5,6)7/h5-6,8,11,14H,7,9H2,1-4H3,(H3-,20,21,22,26,28,29);(H,5,6,7)/b6-5-,23-13?;. The van der Waals surface area contributed by atoms with Crippen molar-refractivity contribution in [1.29, 1.82) is 0 Å². The van der Waals surface area contributed by atoms with Crippen LogP contribution in [0.1, 0.15) is 5.69 Å². The van der Waals surface area contributed by atoms with E-state index in [4.69, 9.17) is 23.5 Å². The minimum Gasteiger partial charge on any atom is -0.741 e. The number of carbonyl (C=O) groups is 3. The third kappa shape index (κ3) is 8.16. The summed E-state index contributed by atoms with van der Waals surface area (Å²) in [5.41, 5.74) is 0.0159. The molecule has 0 saturated carbocycles. The number of quaternary nitrogens is 1. The Balaban J connectivity index is 0.000000611. The quantitative estimate of drug-likeness (QED) is 0.0879. The molecule has 222 valence electrons.